The van der Waals surface area contributed by atoms with Gasteiger partial charge >= 0.3 is 8.26 Å². The summed E-state index contributed by atoms with van der Waals surface area (Å²) in [6.45, 7) is 0. The number of halogens is 2. The number of hydrogen-bond donors (Lipinski definition) is 0. The Morgan fingerprint density at radius 3 is 1.71 bits per heavy atom. The molecule has 0 aliphatic heterocycles. The normalized spacial score (nSPS) is 9.86. The first-order valence-corrected chi connectivity index (χ1v) is 6.28. The van der Waals surface area contributed by atoms with E-state index >= 15 is 0 Å². The number of para-hydroxylation sites is 1. The van der Waals surface area contributed by atoms with E-state index in [-0.39, 0.29) is 5.69 Å². The number of nitro groups is 1. The van der Waals surface area contributed by atoms with E-state index in [1.165, 1.54) is 12.1 Å². The molecule has 0 atom stereocenters. The Hall–Kier alpha value is -0.850. The van der Waals surface area contributed by atoms with Crippen LogP contribution in [0.3, 0.4) is 0 Å². The number of hydrogen-bond acceptors (Lipinski definition) is 4. The predicted octanol–water partition coefficient (Wildman–Crippen LogP) is 2.30. The monoisotopic (exact) mass is 257 g/mol. The number of rotatable bonds is 1. The van der Waals surface area contributed by atoms with Crippen molar-refractivity contribution in [3.63, 3.8) is 0 Å². The highest BCUT2D eigenvalue weighted by molar-refractivity contribution is 8.31. The van der Waals surface area contributed by atoms with Gasteiger partial charge in [0.1, 0.15) is 0 Å². The lowest BCUT2D eigenvalue weighted by atomic mass is 10.3. The third-order valence-corrected chi connectivity index (χ3v) is 0.967. The third-order valence-electron chi connectivity index (χ3n) is 0.967. The number of nitrogens with zero attached hydrogens (tertiary/aromatic N) is 1. The summed E-state index contributed by atoms with van der Waals surface area (Å²) in [5.74, 6) is 0. The van der Waals surface area contributed by atoms with Crippen LogP contribution in [0.2, 0.25) is 0 Å². The van der Waals surface area contributed by atoms with E-state index in [0.717, 1.165) is 0 Å². The number of benzene rings is 1. The van der Waals surface area contributed by atoms with Crippen LogP contribution in [0.25, 0.3) is 0 Å². The van der Waals surface area contributed by atoms with Crippen LogP contribution in [0.1, 0.15) is 0 Å². The van der Waals surface area contributed by atoms with Crippen molar-refractivity contribution in [1.82, 2.24) is 0 Å². The third kappa shape index (κ3) is 9.24. The molecule has 0 heterocycles. The van der Waals surface area contributed by atoms with Crippen LogP contribution in [-0.2, 0) is 8.26 Å². The summed E-state index contributed by atoms with van der Waals surface area (Å²) < 4.78 is 18.3. The van der Waals surface area contributed by atoms with Gasteiger partial charge in [0, 0.05) is 33.5 Å². The lowest BCUT2D eigenvalue weighted by Crippen LogP contribution is -1.84. The van der Waals surface area contributed by atoms with Crippen molar-refractivity contribution >= 4 is 35.3 Å². The second-order valence-electron chi connectivity index (χ2n) is 1.97. The number of nitro benzene ring substituents is 1. The zero-order valence-corrected chi connectivity index (χ0v) is 8.96. The van der Waals surface area contributed by atoms with Crippen molar-refractivity contribution in [2.24, 2.45) is 0 Å². The molecule has 1 aromatic rings. The molecule has 0 spiro atoms. The van der Waals surface area contributed by atoms with Crippen LogP contribution >= 0.6 is 21.4 Å². The van der Waals surface area contributed by atoms with Gasteiger partial charge in [0.25, 0.3) is 5.69 Å². The van der Waals surface area contributed by atoms with E-state index in [2.05, 4.69) is 21.4 Å². The Kier molecular flexibility index (Phi) is 5.44. The van der Waals surface area contributed by atoms with Gasteiger partial charge in [0.05, 0.1) is 4.92 Å². The van der Waals surface area contributed by atoms with Gasteiger partial charge in [0.2, 0.25) is 0 Å². The molecule has 0 fully saturated rings. The van der Waals surface area contributed by atoms with Crippen molar-refractivity contribution in [2.75, 3.05) is 0 Å². The van der Waals surface area contributed by atoms with Gasteiger partial charge in [-0.1, -0.05) is 18.2 Å². The summed E-state index contributed by atoms with van der Waals surface area (Å²) in [7, 11) is 4.81. The molecule has 1 aromatic carbocycles. The van der Waals surface area contributed by atoms with Gasteiger partial charge in [-0.2, -0.15) is 8.42 Å². The molecule has 8 heteroatoms. The summed E-state index contributed by atoms with van der Waals surface area (Å²) in [6, 6.07) is 7.93. The molecule has 1 rings (SSSR count). The highest BCUT2D eigenvalue weighted by atomic mass is 36.0. The van der Waals surface area contributed by atoms with Crippen LogP contribution in [0, 0.1) is 10.1 Å². The van der Waals surface area contributed by atoms with Gasteiger partial charge in [-0.05, 0) is 0 Å². The van der Waals surface area contributed by atoms with Gasteiger partial charge in [-0.25, -0.2) is 0 Å². The van der Waals surface area contributed by atoms with E-state index in [4.69, 9.17) is 8.42 Å². The van der Waals surface area contributed by atoms with Gasteiger partial charge in [-0.15, -0.1) is 0 Å². The highest BCUT2D eigenvalue weighted by Gasteiger charge is 1.98. The van der Waals surface area contributed by atoms with Crippen LogP contribution in [0.15, 0.2) is 30.3 Å². The smallest absolute Gasteiger partial charge is 0.258 e. The molecule has 0 saturated heterocycles. The topological polar surface area (TPSA) is 77.3 Å². The molecule has 78 valence electrons. The lowest BCUT2D eigenvalue weighted by Gasteiger charge is -1.85. The molecule has 0 aromatic heterocycles. The van der Waals surface area contributed by atoms with Crippen LogP contribution in [-0.4, -0.2) is 13.3 Å². The first-order chi connectivity index (χ1) is 6.30. The summed E-state index contributed by atoms with van der Waals surface area (Å²) in [6.07, 6.45) is 0. The molecular weight excluding hydrogens is 253 g/mol. The SMILES string of the molecule is O=S(=O)(Cl)Cl.O=[N+]([O-])c1ccccc1. The number of non-ortho nitro benzene ring substituents is 1. The van der Waals surface area contributed by atoms with Crippen molar-refractivity contribution < 1.29 is 13.3 Å². The maximum absolute atomic E-state index is 10.0. The average molecular weight is 258 g/mol. The maximum Gasteiger partial charge on any atom is 0.317 e. The Morgan fingerprint density at radius 1 is 1.14 bits per heavy atom. The van der Waals surface area contributed by atoms with E-state index in [1.807, 2.05) is 0 Å². The Morgan fingerprint density at radius 2 is 1.50 bits per heavy atom. The summed E-state index contributed by atoms with van der Waals surface area (Å²) in [5, 5.41) is 10.0. The van der Waals surface area contributed by atoms with E-state index in [1.54, 1.807) is 18.2 Å². The van der Waals surface area contributed by atoms with E-state index in [9.17, 15) is 10.1 Å². The van der Waals surface area contributed by atoms with E-state index < -0.39 is 13.2 Å². The van der Waals surface area contributed by atoms with Crippen molar-refractivity contribution in [2.45, 2.75) is 0 Å². The minimum Gasteiger partial charge on any atom is -0.258 e. The fourth-order valence-electron chi connectivity index (χ4n) is 0.550. The molecule has 5 nitrogen and oxygen atoms in total. The predicted molar refractivity (Wildman–Crippen MR) is 53.7 cm³/mol. The fraction of sp³-hybridized carbons (Fsp3) is 0. The van der Waals surface area contributed by atoms with Gasteiger partial charge in [0.15, 0.2) is 0 Å². The zero-order valence-electron chi connectivity index (χ0n) is 6.63. The standard InChI is InChI=1S/C6H5NO2.Cl2O2S/c8-7(9)6-4-2-1-3-5-6;1-5(2,3)4/h1-5H;. The van der Waals surface area contributed by atoms with E-state index in [0.29, 0.717) is 0 Å². The molecule has 0 aliphatic rings. The highest BCUT2D eigenvalue weighted by Crippen LogP contribution is 2.06. The summed E-state index contributed by atoms with van der Waals surface area (Å²) >= 11 is 0. The van der Waals surface area contributed by atoms with Crippen LogP contribution in [0.5, 0.6) is 0 Å². The molecule has 0 unspecified atom stereocenters. The quantitative estimate of drug-likeness (QED) is 0.440. The molecule has 0 saturated carbocycles. The largest absolute Gasteiger partial charge is 0.317 e. The summed E-state index contributed by atoms with van der Waals surface area (Å²) in [5.41, 5.74) is 0.137. The minimum atomic E-state index is -3.72. The minimum absolute atomic E-state index is 0.137. The second kappa shape index (κ2) is 5.79. The Labute approximate surface area is 89.3 Å². The molecule has 14 heavy (non-hydrogen) atoms. The lowest BCUT2D eigenvalue weighted by molar-refractivity contribution is -0.384. The molecule has 0 bridgehead atoms. The second-order valence-corrected chi connectivity index (χ2v) is 5.64. The van der Waals surface area contributed by atoms with Crippen molar-refractivity contribution in [3.8, 4) is 0 Å². The molecule has 0 amide bonds. The zero-order chi connectivity index (χ0) is 11.2. The van der Waals surface area contributed by atoms with Crippen LogP contribution < -0.4 is 0 Å². The molecule has 0 radical (unpaired) electrons. The first kappa shape index (κ1) is 13.2. The Balaban J connectivity index is 0.000000292. The van der Waals surface area contributed by atoms with Crippen molar-refractivity contribution in [1.29, 1.82) is 0 Å². The maximum atomic E-state index is 10.0. The molecular formula is C6H5Cl2NO4S. The average Bonchev–Trinajstić information content (AvgIpc) is 2.03. The first-order valence-electron chi connectivity index (χ1n) is 3.14. The summed E-state index contributed by atoms with van der Waals surface area (Å²) in [4.78, 5) is 9.59. The molecule has 0 aliphatic carbocycles. The van der Waals surface area contributed by atoms with Crippen LogP contribution in [0.4, 0.5) is 5.69 Å². The van der Waals surface area contributed by atoms with Gasteiger partial charge in [-0.3, -0.25) is 10.1 Å². The van der Waals surface area contributed by atoms with Crippen molar-refractivity contribution in [3.05, 3.63) is 40.4 Å². The fourth-order valence-corrected chi connectivity index (χ4v) is 0.550. The molecule has 0 N–H and O–H groups in total. The van der Waals surface area contributed by atoms with Gasteiger partial charge < -0.3 is 0 Å². The Bertz CT molecular complexity index is 384.